The highest BCUT2D eigenvalue weighted by atomic mass is 79.9. The number of rotatable bonds is 4. The van der Waals surface area contributed by atoms with Crippen LogP contribution in [-0.2, 0) is 4.79 Å². The van der Waals surface area contributed by atoms with Gasteiger partial charge >= 0.3 is 0 Å². The van der Waals surface area contributed by atoms with E-state index in [0.29, 0.717) is 16.4 Å². The van der Waals surface area contributed by atoms with Crippen LogP contribution in [0.1, 0.15) is 23.0 Å². The fourth-order valence-corrected chi connectivity index (χ4v) is 2.58. The first kappa shape index (κ1) is 15.5. The third kappa shape index (κ3) is 4.30. The van der Waals surface area contributed by atoms with Crippen molar-refractivity contribution in [3.63, 3.8) is 0 Å². The van der Waals surface area contributed by atoms with Gasteiger partial charge in [-0.1, -0.05) is 15.9 Å². The highest BCUT2D eigenvalue weighted by molar-refractivity contribution is 9.10. The van der Waals surface area contributed by atoms with Gasteiger partial charge in [0.05, 0.1) is 0 Å². The average Bonchev–Trinajstić information content (AvgIpc) is 2.88. The molecule has 0 saturated carbocycles. The van der Waals surface area contributed by atoms with Crippen LogP contribution in [0.2, 0.25) is 0 Å². The first-order valence-electron chi connectivity index (χ1n) is 5.86. The number of amides is 1. The smallest absolute Gasteiger partial charge is 0.250 e. The number of hydrogen-bond acceptors (Lipinski definition) is 4. The third-order valence-corrected chi connectivity index (χ3v) is 3.72. The van der Waals surface area contributed by atoms with Crippen LogP contribution < -0.4 is 5.32 Å². The van der Waals surface area contributed by atoms with Gasteiger partial charge in [-0.05, 0) is 24.3 Å². The van der Waals surface area contributed by atoms with Crippen LogP contribution >= 0.6 is 27.3 Å². The maximum Gasteiger partial charge on any atom is 0.250 e. The zero-order chi connectivity index (χ0) is 15.4. The van der Waals surface area contributed by atoms with E-state index in [-0.39, 0.29) is 5.78 Å². The van der Waals surface area contributed by atoms with Crippen molar-refractivity contribution in [2.45, 2.75) is 6.92 Å². The molecule has 1 aromatic carbocycles. The van der Waals surface area contributed by atoms with E-state index < -0.39 is 11.7 Å². The van der Waals surface area contributed by atoms with E-state index in [0.717, 1.165) is 15.8 Å². The van der Waals surface area contributed by atoms with E-state index in [1.807, 2.05) is 0 Å². The van der Waals surface area contributed by atoms with Crippen molar-refractivity contribution >= 4 is 50.2 Å². The number of carbonyl (C=O) groups excluding carboxylic acids is 2. The summed E-state index contributed by atoms with van der Waals surface area (Å²) in [7, 11) is 0. The van der Waals surface area contributed by atoms with Crippen LogP contribution in [0, 0.1) is 5.82 Å². The van der Waals surface area contributed by atoms with Crippen LogP contribution in [0.15, 0.2) is 34.1 Å². The molecule has 0 radical (unpaired) electrons. The molecule has 0 fully saturated rings. The molecule has 1 heterocycles. The fourth-order valence-electron chi connectivity index (χ4n) is 1.45. The summed E-state index contributed by atoms with van der Waals surface area (Å²) in [5.41, 5.74) is 0.598. The minimum absolute atomic E-state index is 0.168. The Morgan fingerprint density at radius 1 is 1.43 bits per heavy atom. The zero-order valence-corrected chi connectivity index (χ0v) is 13.3. The largest absolute Gasteiger partial charge is 0.298 e. The lowest BCUT2D eigenvalue weighted by molar-refractivity contribution is -0.111. The number of nitrogens with zero attached hydrogens (tertiary/aromatic N) is 1. The quantitative estimate of drug-likeness (QED) is 0.657. The van der Waals surface area contributed by atoms with Gasteiger partial charge in [0.1, 0.15) is 11.5 Å². The Balaban J connectivity index is 2.05. The van der Waals surface area contributed by atoms with Crippen LogP contribution in [0.5, 0.6) is 0 Å². The summed E-state index contributed by atoms with van der Waals surface area (Å²) in [6.07, 6.45) is 2.58. The molecule has 0 aliphatic carbocycles. The number of hydrogen-bond donors (Lipinski definition) is 1. The van der Waals surface area contributed by atoms with Gasteiger partial charge in [-0.3, -0.25) is 14.9 Å². The van der Waals surface area contributed by atoms with E-state index in [4.69, 9.17) is 0 Å². The summed E-state index contributed by atoms with van der Waals surface area (Å²) in [6.45, 7) is 1.40. The molecule has 1 N–H and O–H groups in total. The lowest BCUT2D eigenvalue weighted by atomic mass is 10.2. The summed E-state index contributed by atoms with van der Waals surface area (Å²) in [6, 6.07) is 4.45. The second-order valence-electron chi connectivity index (χ2n) is 4.08. The molecular weight excluding hydrogens is 359 g/mol. The molecule has 21 heavy (non-hydrogen) atoms. The molecule has 0 spiro atoms. The number of aromatic nitrogens is 1. The third-order valence-electron chi connectivity index (χ3n) is 2.47. The number of carbonyl (C=O) groups is 2. The summed E-state index contributed by atoms with van der Waals surface area (Å²) >= 11 is 4.39. The normalized spacial score (nSPS) is 10.8. The summed E-state index contributed by atoms with van der Waals surface area (Å²) in [4.78, 5) is 26.8. The van der Waals surface area contributed by atoms with Gasteiger partial charge in [-0.25, -0.2) is 9.37 Å². The highest BCUT2D eigenvalue weighted by Crippen LogP contribution is 2.18. The fraction of sp³-hybridized carbons (Fsp3) is 0.0714. The van der Waals surface area contributed by atoms with Crippen LogP contribution in [0.3, 0.4) is 0 Å². The number of ketones is 1. The molecule has 2 rings (SSSR count). The number of halogens is 2. The van der Waals surface area contributed by atoms with Gasteiger partial charge in [0, 0.05) is 28.4 Å². The first-order valence-corrected chi connectivity index (χ1v) is 7.53. The lowest BCUT2D eigenvalue weighted by Gasteiger charge is -1.98. The topological polar surface area (TPSA) is 59.1 Å². The Morgan fingerprint density at radius 2 is 2.19 bits per heavy atom. The van der Waals surface area contributed by atoms with Gasteiger partial charge in [0.2, 0.25) is 5.91 Å². The SMILES string of the molecule is CC(=O)c1csc(NC(=O)/C=C/c2cc(Br)ccc2F)n1. The van der Waals surface area contributed by atoms with Gasteiger partial charge < -0.3 is 0 Å². The number of benzene rings is 1. The molecule has 0 atom stereocenters. The van der Waals surface area contributed by atoms with E-state index in [2.05, 4.69) is 26.2 Å². The van der Waals surface area contributed by atoms with Crippen molar-refractivity contribution in [1.82, 2.24) is 4.98 Å². The minimum Gasteiger partial charge on any atom is -0.298 e. The molecule has 0 bridgehead atoms. The van der Waals surface area contributed by atoms with Crippen molar-refractivity contribution in [2.75, 3.05) is 5.32 Å². The monoisotopic (exact) mass is 368 g/mol. The molecule has 2 aromatic rings. The van der Waals surface area contributed by atoms with Gasteiger partial charge in [-0.15, -0.1) is 11.3 Å². The predicted octanol–water partition coefficient (Wildman–Crippen LogP) is 3.90. The second kappa shape index (κ2) is 6.73. The molecular formula is C14H10BrFN2O2S. The molecule has 0 saturated heterocycles. The predicted molar refractivity (Wildman–Crippen MR) is 83.9 cm³/mol. The van der Waals surface area contributed by atoms with E-state index in [1.54, 1.807) is 17.5 Å². The van der Waals surface area contributed by atoms with Crippen molar-refractivity contribution < 1.29 is 14.0 Å². The van der Waals surface area contributed by atoms with Gasteiger partial charge in [-0.2, -0.15) is 0 Å². The maximum absolute atomic E-state index is 13.5. The molecule has 0 unspecified atom stereocenters. The second-order valence-corrected chi connectivity index (χ2v) is 5.86. The Morgan fingerprint density at radius 3 is 2.86 bits per heavy atom. The van der Waals surface area contributed by atoms with Crippen LogP contribution in [0.4, 0.5) is 9.52 Å². The maximum atomic E-state index is 13.5. The van der Waals surface area contributed by atoms with Crippen molar-refractivity contribution in [3.05, 3.63) is 51.2 Å². The van der Waals surface area contributed by atoms with Crippen LogP contribution in [-0.4, -0.2) is 16.7 Å². The van der Waals surface area contributed by atoms with E-state index >= 15 is 0 Å². The van der Waals surface area contributed by atoms with E-state index in [9.17, 15) is 14.0 Å². The Hall–Kier alpha value is -1.86. The number of nitrogens with one attached hydrogen (secondary N) is 1. The number of thiazole rings is 1. The summed E-state index contributed by atoms with van der Waals surface area (Å²) in [5, 5.41) is 4.41. The Labute approximate surface area is 132 Å². The highest BCUT2D eigenvalue weighted by Gasteiger charge is 2.07. The van der Waals surface area contributed by atoms with Crippen LogP contribution in [0.25, 0.3) is 6.08 Å². The number of Topliss-reactive ketones (excluding diaryl/α,β-unsaturated/α-hetero) is 1. The first-order chi connectivity index (χ1) is 9.95. The Kier molecular flexibility index (Phi) is 4.98. The Bertz CT molecular complexity index is 728. The lowest BCUT2D eigenvalue weighted by Crippen LogP contribution is -2.07. The molecule has 108 valence electrons. The van der Waals surface area contributed by atoms with E-state index in [1.165, 1.54) is 25.1 Å². The molecule has 0 aliphatic heterocycles. The molecule has 1 aromatic heterocycles. The molecule has 4 nitrogen and oxygen atoms in total. The molecule has 7 heteroatoms. The molecule has 1 amide bonds. The summed E-state index contributed by atoms with van der Waals surface area (Å²) in [5.74, 6) is -1.03. The van der Waals surface area contributed by atoms with Crippen molar-refractivity contribution in [1.29, 1.82) is 0 Å². The standard InChI is InChI=1S/C14H10BrFN2O2S/c1-8(19)12-7-21-14(17-12)18-13(20)5-2-9-6-10(15)3-4-11(9)16/h2-7H,1H3,(H,17,18,20)/b5-2+. The van der Waals surface area contributed by atoms with Gasteiger partial charge in [0.15, 0.2) is 10.9 Å². The average molecular weight is 369 g/mol. The zero-order valence-electron chi connectivity index (χ0n) is 10.9. The van der Waals surface area contributed by atoms with Crippen molar-refractivity contribution in [3.8, 4) is 0 Å². The van der Waals surface area contributed by atoms with Gasteiger partial charge in [0.25, 0.3) is 0 Å². The number of anilines is 1. The van der Waals surface area contributed by atoms with Crippen molar-refractivity contribution in [2.24, 2.45) is 0 Å². The summed E-state index contributed by atoms with van der Waals surface area (Å²) < 4.78 is 14.2. The molecule has 0 aliphatic rings. The minimum atomic E-state index is -0.446.